The number of hydrogen-bond acceptors (Lipinski definition) is 3. The van der Waals surface area contributed by atoms with Crippen molar-refractivity contribution in [3.05, 3.63) is 36.3 Å². The van der Waals surface area contributed by atoms with Gasteiger partial charge in [0.15, 0.2) is 0 Å². The van der Waals surface area contributed by atoms with E-state index in [9.17, 15) is 0 Å². The summed E-state index contributed by atoms with van der Waals surface area (Å²) in [6.45, 7) is 3.63. The van der Waals surface area contributed by atoms with Crippen molar-refractivity contribution in [1.82, 2.24) is 9.88 Å². The number of ether oxygens (including phenoxy) is 1. The van der Waals surface area contributed by atoms with E-state index in [4.69, 9.17) is 4.74 Å². The molecule has 0 aliphatic carbocycles. The van der Waals surface area contributed by atoms with Gasteiger partial charge in [-0.25, -0.2) is 0 Å². The highest BCUT2D eigenvalue weighted by Crippen LogP contribution is 2.02. The topological polar surface area (TPSA) is 25.4 Å². The van der Waals surface area contributed by atoms with E-state index in [0.29, 0.717) is 0 Å². The maximum atomic E-state index is 5.26. The molecule has 1 aromatic rings. The highest BCUT2D eigenvalue weighted by Gasteiger charge is 2.04. The van der Waals surface area contributed by atoms with Crippen LogP contribution in [0.5, 0.6) is 0 Å². The molecule has 0 amide bonds. The van der Waals surface area contributed by atoms with Gasteiger partial charge < -0.3 is 9.64 Å². The van der Waals surface area contributed by atoms with Gasteiger partial charge in [0.2, 0.25) is 0 Å². The predicted octanol–water partition coefficient (Wildman–Crippen LogP) is 1.38. The van der Waals surface area contributed by atoms with E-state index >= 15 is 0 Å². The number of nitrogens with zero attached hydrogens (tertiary/aromatic N) is 2. The summed E-state index contributed by atoms with van der Waals surface area (Å²) in [5, 5.41) is 0. The fourth-order valence-corrected chi connectivity index (χ4v) is 1.39. The first-order valence-electron chi connectivity index (χ1n) is 4.85. The van der Waals surface area contributed by atoms with Crippen LogP contribution in [0.15, 0.2) is 30.7 Å². The second kappa shape index (κ2) is 4.77. The smallest absolute Gasteiger partial charge is 0.0642 e. The van der Waals surface area contributed by atoms with Crippen molar-refractivity contribution >= 4 is 6.08 Å². The van der Waals surface area contributed by atoms with Crippen molar-refractivity contribution < 1.29 is 4.74 Å². The molecule has 0 spiro atoms. The van der Waals surface area contributed by atoms with Gasteiger partial charge in [0.1, 0.15) is 0 Å². The molecule has 1 saturated heterocycles. The van der Waals surface area contributed by atoms with Crippen LogP contribution in [0, 0.1) is 0 Å². The van der Waals surface area contributed by atoms with E-state index in [1.165, 1.54) is 0 Å². The van der Waals surface area contributed by atoms with E-state index in [1.54, 1.807) is 6.20 Å². The van der Waals surface area contributed by atoms with Gasteiger partial charge in [-0.3, -0.25) is 4.98 Å². The highest BCUT2D eigenvalue weighted by molar-refractivity contribution is 5.46. The first-order valence-corrected chi connectivity index (χ1v) is 4.85. The van der Waals surface area contributed by atoms with Crippen molar-refractivity contribution in [2.75, 3.05) is 26.3 Å². The third-order valence-corrected chi connectivity index (χ3v) is 2.21. The molecule has 2 heterocycles. The molecule has 74 valence electrons. The van der Waals surface area contributed by atoms with Crippen LogP contribution in [-0.4, -0.2) is 36.2 Å². The minimum atomic E-state index is 0.831. The van der Waals surface area contributed by atoms with Crippen LogP contribution in [0.1, 0.15) is 5.56 Å². The molecule has 2 rings (SSSR count). The van der Waals surface area contributed by atoms with E-state index in [1.807, 2.05) is 18.3 Å². The van der Waals surface area contributed by atoms with Crippen LogP contribution in [0.25, 0.3) is 6.08 Å². The van der Waals surface area contributed by atoms with Gasteiger partial charge in [-0.15, -0.1) is 0 Å². The van der Waals surface area contributed by atoms with Crippen LogP contribution in [0.4, 0.5) is 0 Å². The van der Waals surface area contributed by atoms with E-state index in [-0.39, 0.29) is 0 Å². The molecule has 1 aliphatic heterocycles. The zero-order chi connectivity index (χ0) is 9.64. The minimum Gasteiger partial charge on any atom is -0.378 e. The molecule has 1 aliphatic rings. The molecule has 14 heavy (non-hydrogen) atoms. The third-order valence-electron chi connectivity index (χ3n) is 2.21. The maximum Gasteiger partial charge on any atom is 0.0642 e. The van der Waals surface area contributed by atoms with Gasteiger partial charge in [-0.05, 0) is 23.9 Å². The summed E-state index contributed by atoms with van der Waals surface area (Å²) in [5.41, 5.74) is 1.14. The number of aromatic nitrogens is 1. The SMILES string of the molecule is C(=C\N1CCOCC1)/c1cccnc1. The number of rotatable bonds is 2. The molecule has 3 heteroatoms. The molecule has 0 bridgehead atoms. The molecule has 0 radical (unpaired) electrons. The van der Waals surface area contributed by atoms with Crippen molar-refractivity contribution in [3.63, 3.8) is 0 Å². The first kappa shape index (κ1) is 9.21. The van der Waals surface area contributed by atoms with Crippen LogP contribution >= 0.6 is 0 Å². The maximum absolute atomic E-state index is 5.26. The summed E-state index contributed by atoms with van der Waals surface area (Å²) in [6.07, 6.45) is 7.83. The largest absolute Gasteiger partial charge is 0.378 e. The third kappa shape index (κ3) is 2.57. The summed E-state index contributed by atoms with van der Waals surface area (Å²) in [4.78, 5) is 6.31. The second-order valence-electron chi connectivity index (χ2n) is 3.25. The van der Waals surface area contributed by atoms with Crippen LogP contribution < -0.4 is 0 Å². The Kier molecular flexibility index (Phi) is 3.14. The van der Waals surface area contributed by atoms with Crippen molar-refractivity contribution in [2.45, 2.75) is 0 Å². The van der Waals surface area contributed by atoms with Crippen molar-refractivity contribution in [1.29, 1.82) is 0 Å². The predicted molar refractivity (Wildman–Crippen MR) is 55.7 cm³/mol. The number of morpholine rings is 1. The lowest BCUT2D eigenvalue weighted by Gasteiger charge is -2.24. The highest BCUT2D eigenvalue weighted by atomic mass is 16.5. The molecule has 1 fully saturated rings. The lowest BCUT2D eigenvalue weighted by Crippen LogP contribution is -2.31. The average molecular weight is 190 g/mol. The Balaban J connectivity index is 1.93. The lowest BCUT2D eigenvalue weighted by molar-refractivity contribution is 0.0597. The Hall–Kier alpha value is -1.35. The lowest BCUT2D eigenvalue weighted by atomic mass is 10.3. The van der Waals surface area contributed by atoms with E-state index in [2.05, 4.69) is 22.2 Å². The number of pyridine rings is 1. The monoisotopic (exact) mass is 190 g/mol. The summed E-state index contributed by atoms with van der Waals surface area (Å²) >= 11 is 0. The van der Waals surface area contributed by atoms with Gasteiger partial charge in [0.05, 0.1) is 13.2 Å². The summed E-state index contributed by atoms with van der Waals surface area (Å²) in [7, 11) is 0. The molecule has 0 N–H and O–H groups in total. The van der Waals surface area contributed by atoms with E-state index < -0.39 is 0 Å². The summed E-state index contributed by atoms with van der Waals surface area (Å²) < 4.78 is 5.26. The molecule has 1 aromatic heterocycles. The van der Waals surface area contributed by atoms with Crippen LogP contribution in [0.3, 0.4) is 0 Å². The fourth-order valence-electron chi connectivity index (χ4n) is 1.39. The Labute approximate surface area is 84.0 Å². The van der Waals surface area contributed by atoms with Gasteiger partial charge in [0, 0.05) is 25.5 Å². The average Bonchev–Trinajstić information content (AvgIpc) is 2.29. The van der Waals surface area contributed by atoms with Gasteiger partial charge >= 0.3 is 0 Å². The Morgan fingerprint density at radius 2 is 2.21 bits per heavy atom. The quantitative estimate of drug-likeness (QED) is 0.704. The Morgan fingerprint density at radius 1 is 1.36 bits per heavy atom. The molecule has 0 saturated carbocycles. The molecule has 0 unspecified atom stereocenters. The fraction of sp³-hybridized carbons (Fsp3) is 0.364. The van der Waals surface area contributed by atoms with E-state index in [0.717, 1.165) is 31.9 Å². The van der Waals surface area contributed by atoms with Crippen LogP contribution in [0.2, 0.25) is 0 Å². The first-order chi connectivity index (χ1) is 6.95. The molecular formula is C11H14N2O. The summed E-state index contributed by atoms with van der Waals surface area (Å²) in [5.74, 6) is 0. The minimum absolute atomic E-state index is 0.831. The van der Waals surface area contributed by atoms with Gasteiger partial charge in [-0.1, -0.05) is 6.07 Å². The standard InChI is InChI=1S/C11H14N2O/c1-2-11(10-12-4-1)3-5-13-6-8-14-9-7-13/h1-5,10H,6-9H2/b5-3+. The Bertz CT molecular complexity index is 291. The molecule has 3 nitrogen and oxygen atoms in total. The second-order valence-corrected chi connectivity index (χ2v) is 3.25. The van der Waals surface area contributed by atoms with Crippen molar-refractivity contribution in [3.8, 4) is 0 Å². The van der Waals surface area contributed by atoms with Gasteiger partial charge in [-0.2, -0.15) is 0 Å². The van der Waals surface area contributed by atoms with Crippen LogP contribution in [-0.2, 0) is 4.74 Å². The Morgan fingerprint density at radius 3 is 2.93 bits per heavy atom. The molecule has 0 atom stereocenters. The zero-order valence-corrected chi connectivity index (χ0v) is 8.10. The van der Waals surface area contributed by atoms with Gasteiger partial charge in [0.25, 0.3) is 0 Å². The van der Waals surface area contributed by atoms with Crippen molar-refractivity contribution in [2.24, 2.45) is 0 Å². The molecule has 0 aromatic carbocycles. The summed E-state index contributed by atoms with van der Waals surface area (Å²) in [6, 6.07) is 3.99. The molecular weight excluding hydrogens is 176 g/mol. The zero-order valence-electron chi connectivity index (χ0n) is 8.10. The normalized spacial score (nSPS) is 17.6. The number of hydrogen-bond donors (Lipinski definition) is 0.